The molecule has 19 heavy (non-hydrogen) atoms. The number of ether oxygens (including phenoxy) is 2. The SMILES string of the molecule is COCCCCn1ncc2cc(C(=O)OC)ccc21. The summed E-state index contributed by atoms with van der Waals surface area (Å²) in [6.45, 7) is 1.62. The average molecular weight is 262 g/mol. The second-order valence-electron chi connectivity index (χ2n) is 4.33. The van der Waals surface area contributed by atoms with E-state index >= 15 is 0 Å². The monoisotopic (exact) mass is 262 g/mol. The number of aryl methyl sites for hydroxylation is 1. The summed E-state index contributed by atoms with van der Waals surface area (Å²) in [5.74, 6) is -0.324. The third-order valence-electron chi connectivity index (χ3n) is 3.03. The van der Waals surface area contributed by atoms with Gasteiger partial charge in [0.25, 0.3) is 0 Å². The summed E-state index contributed by atoms with van der Waals surface area (Å²) in [6, 6.07) is 5.48. The molecule has 1 aromatic carbocycles. The lowest BCUT2D eigenvalue weighted by Crippen LogP contribution is -2.02. The molecule has 0 N–H and O–H groups in total. The van der Waals surface area contributed by atoms with Gasteiger partial charge in [0.15, 0.2) is 0 Å². The van der Waals surface area contributed by atoms with Crippen molar-refractivity contribution in [1.29, 1.82) is 0 Å². The standard InChI is InChI=1S/C14H18N2O3/c1-18-8-4-3-7-16-13-6-5-11(14(17)19-2)9-12(13)10-15-16/h5-6,9-10H,3-4,7-8H2,1-2H3. The van der Waals surface area contributed by atoms with Crippen molar-refractivity contribution in [2.75, 3.05) is 20.8 Å². The van der Waals surface area contributed by atoms with Crippen LogP contribution in [0.5, 0.6) is 0 Å². The first-order valence-electron chi connectivity index (χ1n) is 6.29. The Labute approximate surface area is 112 Å². The first kappa shape index (κ1) is 13.5. The predicted molar refractivity (Wildman–Crippen MR) is 72.2 cm³/mol. The summed E-state index contributed by atoms with van der Waals surface area (Å²) in [5, 5.41) is 5.30. The number of nitrogens with zero attached hydrogens (tertiary/aromatic N) is 2. The van der Waals surface area contributed by atoms with Crippen LogP contribution in [0.3, 0.4) is 0 Å². The number of carbonyl (C=O) groups excluding carboxylic acids is 1. The number of fused-ring (bicyclic) bond motifs is 1. The summed E-state index contributed by atoms with van der Waals surface area (Å²) < 4.78 is 11.7. The highest BCUT2D eigenvalue weighted by Crippen LogP contribution is 2.17. The van der Waals surface area contributed by atoms with E-state index in [0.29, 0.717) is 5.56 Å². The zero-order valence-electron chi connectivity index (χ0n) is 11.3. The van der Waals surface area contributed by atoms with Crippen LogP contribution in [0.4, 0.5) is 0 Å². The van der Waals surface area contributed by atoms with Gasteiger partial charge in [0, 0.05) is 25.6 Å². The summed E-state index contributed by atoms with van der Waals surface area (Å²) in [6.07, 6.45) is 3.81. The van der Waals surface area contributed by atoms with E-state index in [1.165, 1.54) is 7.11 Å². The summed E-state index contributed by atoms with van der Waals surface area (Å²) in [5.41, 5.74) is 1.58. The van der Waals surface area contributed by atoms with Crippen molar-refractivity contribution in [3.63, 3.8) is 0 Å². The lowest BCUT2D eigenvalue weighted by molar-refractivity contribution is 0.0601. The number of unbranched alkanes of at least 4 members (excludes halogenated alkanes) is 1. The Bertz CT molecular complexity index is 563. The number of benzene rings is 1. The Kier molecular flexibility index (Phi) is 4.52. The number of rotatable bonds is 6. The summed E-state index contributed by atoms with van der Waals surface area (Å²) in [7, 11) is 3.09. The molecule has 2 aromatic rings. The number of hydrogen-bond donors (Lipinski definition) is 0. The quantitative estimate of drug-likeness (QED) is 0.592. The number of methoxy groups -OCH3 is 2. The first-order valence-corrected chi connectivity index (χ1v) is 6.29. The van der Waals surface area contributed by atoms with Gasteiger partial charge in [0.1, 0.15) is 0 Å². The fraction of sp³-hybridized carbons (Fsp3) is 0.429. The maximum absolute atomic E-state index is 11.4. The number of esters is 1. The van der Waals surface area contributed by atoms with E-state index in [2.05, 4.69) is 5.10 Å². The normalized spacial score (nSPS) is 10.8. The molecule has 5 nitrogen and oxygen atoms in total. The van der Waals surface area contributed by atoms with Crippen LogP contribution in [-0.4, -0.2) is 36.6 Å². The maximum Gasteiger partial charge on any atom is 0.337 e. The van der Waals surface area contributed by atoms with Crippen molar-refractivity contribution in [1.82, 2.24) is 9.78 Å². The third-order valence-corrected chi connectivity index (χ3v) is 3.03. The van der Waals surface area contributed by atoms with Gasteiger partial charge < -0.3 is 9.47 Å². The predicted octanol–water partition coefficient (Wildman–Crippen LogP) is 2.25. The van der Waals surface area contributed by atoms with Crippen molar-refractivity contribution < 1.29 is 14.3 Å². The van der Waals surface area contributed by atoms with Crippen molar-refractivity contribution in [2.45, 2.75) is 19.4 Å². The number of carbonyl (C=O) groups is 1. The van der Waals surface area contributed by atoms with Crippen LogP contribution in [-0.2, 0) is 16.0 Å². The van der Waals surface area contributed by atoms with Gasteiger partial charge in [-0.05, 0) is 31.0 Å². The molecule has 0 amide bonds. The van der Waals surface area contributed by atoms with Crippen LogP contribution in [0.15, 0.2) is 24.4 Å². The molecule has 0 unspecified atom stereocenters. The first-order chi connectivity index (χ1) is 9.26. The molecule has 0 aliphatic heterocycles. The fourth-order valence-electron chi connectivity index (χ4n) is 2.02. The second-order valence-corrected chi connectivity index (χ2v) is 4.33. The van der Waals surface area contributed by atoms with Crippen LogP contribution < -0.4 is 0 Å². The Morgan fingerprint density at radius 2 is 2.16 bits per heavy atom. The highest BCUT2D eigenvalue weighted by molar-refractivity contribution is 5.94. The molecular weight excluding hydrogens is 244 g/mol. The van der Waals surface area contributed by atoms with Gasteiger partial charge in [-0.15, -0.1) is 0 Å². The Morgan fingerprint density at radius 1 is 1.32 bits per heavy atom. The minimum Gasteiger partial charge on any atom is -0.465 e. The molecule has 1 aromatic heterocycles. The van der Waals surface area contributed by atoms with E-state index in [1.807, 2.05) is 10.7 Å². The smallest absolute Gasteiger partial charge is 0.337 e. The highest BCUT2D eigenvalue weighted by atomic mass is 16.5. The number of aromatic nitrogens is 2. The summed E-state index contributed by atoms with van der Waals surface area (Å²) in [4.78, 5) is 11.4. The third kappa shape index (κ3) is 3.12. The van der Waals surface area contributed by atoms with Gasteiger partial charge in [-0.3, -0.25) is 4.68 Å². The van der Waals surface area contributed by atoms with Gasteiger partial charge >= 0.3 is 5.97 Å². The van der Waals surface area contributed by atoms with Gasteiger partial charge in [0.05, 0.1) is 24.4 Å². The molecule has 0 aliphatic rings. The number of hydrogen-bond acceptors (Lipinski definition) is 4. The minimum absolute atomic E-state index is 0.324. The lowest BCUT2D eigenvalue weighted by atomic mass is 10.1. The van der Waals surface area contributed by atoms with Crippen molar-refractivity contribution in [3.05, 3.63) is 30.0 Å². The molecule has 0 radical (unpaired) electrons. The van der Waals surface area contributed by atoms with Crippen LogP contribution in [0.25, 0.3) is 10.9 Å². The summed E-state index contributed by atoms with van der Waals surface area (Å²) >= 11 is 0. The Hall–Kier alpha value is -1.88. The molecule has 1 heterocycles. The average Bonchev–Trinajstić information content (AvgIpc) is 2.85. The minimum atomic E-state index is -0.324. The Morgan fingerprint density at radius 3 is 2.89 bits per heavy atom. The van der Waals surface area contributed by atoms with Crippen molar-refractivity contribution >= 4 is 16.9 Å². The topological polar surface area (TPSA) is 53.4 Å². The van der Waals surface area contributed by atoms with E-state index < -0.39 is 0 Å². The van der Waals surface area contributed by atoms with Crippen molar-refractivity contribution in [3.8, 4) is 0 Å². The van der Waals surface area contributed by atoms with Gasteiger partial charge in [-0.2, -0.15) is 5.10 Å². The van der Waals surface area contributed by atoms with E-state index in [0.717, 1.165) is 36.9 Å². The zero-order valence-corrected chi connectivity index (χ0v) is 11.3. The largest absolute Gasteiger partial charge is 0.465 e. The molecule has 5 heteroatoms. The highest BCUT2D eigenvalue weighted by Gasteiger charge is 2.08. The molecule has 0 fully saturated rings. The van der Waals surface area contributed by atoms with Gasteiger partial charge in [-0.25, -0.2) is 4.79 Å². The van der Waals surface area contributed by atoms with Gasteiger partial charge in [0.2, 0.25) is 0 Å². The molecule has 102 valence electrons. The van der Waals surface area contributed by atoms with E-state index in [4.69, 9.17) is 9.47 Å². The molecule has 0 aliphatic carbocycles. The van der Waals surface area contributed by atoms with Gasteiger partial charge in [-0.1, -0.05) is 0 Å². The molecular formula is C14H18N2O3. The molecule has 0 atom stereocenters. The molecule has 0 spiro atoms. The van der Waals surface area contributed by atoms with Crippen molar-refractivity contribution in [2.24, 2.45) is 0 Å². The van der Waals surface area contributed by atoms with Crippen LogP contribution in [0.1, 0.15) is 23.2 Å². The van der Waals surface area contributed by atoms with E-state index in [1.54, 1.807) is 25.4 Å². The van der Waals surface area contributed by atoms with E-state index in [9.17, 15) is 4.79 Å². The molecule has 0 saturated carbocycles. The van der Waals surface area contributed by atoms with Crippen LogP contribution in [0.2, 0.25) is 0 Å². The zero-order chi connectivity index (χ0) is 13.7. The molecule has 0 bridgehead atoms. The van der Waals surface area contributed by atoms with Crippen LogP contribution >= 0.6 is 0 Å². The second kappa shape index (κ2) is 6.33. The Balaban J connectivity index is 2.13. The van der Waals surface area contributed by atoms with E-state index in [-0.39, 0.29) is 5.97 Å². The lowest BCUT2D eigenvalue weighted by Gasteiger charge is -2.04. The fourth-order valence-corrected chi connectivity index (χ4v) is 2.02. The molecule has 0 saturated heterocycles. The maximum atomic E-state index is 11.4. The molecule has 2 rings (SSSR count). The van der Waals surface area contributed by atoms with Crippen LogP contribution in [0, 0.1) is 0 Å².